The highest BCUT2D eigenvalue weighted by molar-refractivity contribution is 7.15. The fourth-order valence-corrected chi connectivity index (χ4v) is 2.66. The number of hydrogen-bond acceptors (Lipinski definition) is 3. The predicted molar refractivity (Wildman–Crippen MR) is 69.9 cm³/mol. The number of benzene rings is 1. The Balaban J connectivity index is 2.24. The van der Waals surface area contributed by atoms with Crippen molar-refractivity contribution in [1.82, 2.24) is 10.3 Å². The van der Waals surface area contributed by atoms with Crippen LogP contribution in [0.2, 0.25) is 5.02 Å². The minimum absolute atomic E-state index is 0.330. The molecule has 1 aromatic carbocycles. The maximum absolute atomic E-state index is 12.9. The summed E-state index contributed by atoms with van der Waals surface area (Å²) in [5.74, 6) is -0.330. The molecule has 0 aliphatic rings. The highest BCUT2D eigenvalue weighted by Crippen LogP contribution is 2.31. The van der Waals surface area contributed by atoms with Crippen molar-refractivity contribution in [2.75, 3.05) is 6.54 Å². The van der Waals surface area contributed by atoms with Crippen molar-refractivity contribution in [2.45, 2.75) is 13.5 Å². The van der Waals surface area contributed by atoms with Crippen LogP contribution in [0.5, 0.6) is 0 Å². The molecule has 2 rings (SSSR count). The number of aromatic nitrogens is 1. The molecule has 0 aliphatic carbocycles. The van der Waals surface area contributed by atoms with E-state index >= 15 is 0 Å². The highest BCUT2D eigenvalue weighted by atomic mass is 35.5. The van der Waals surface area contributed by atoms with Gasteiger partial charge in [-0.25, -0.2) is 9.37 Å². The molecule has 2 nitrogen and oxygen atoms in total. The third kappa shape index (κ3) is 3.03. The fourth-order valence-electron chi connectivity index (χ4n) is 1.42. The van der Waals surface area contributed by atoms with Crippen molar-refractivity contribution in [3.8, 4) is 10.6 Å². The van der Waals surface area contributed by atoms with Crippen molar-refractivity contribution in [1.29, 1.82) is 0 Å². The van der Waals surface area contributed by atoms with Gasteiger partial charge in [0.2, 0.25) is 0 Å². The SMILES string of the molecule is CCNCc1cnc(-c2ccc(F)cc2Cl)s1. The van der Waals surface area contributed by atoms with E-state index in [0.29, 0.717) is 5.02 Å². The number of thiazole rings is 1. The maximum atomic E-state index is 12.9. The van der Waals surface area contributed by atoms with Gasteiger partial charge in [-0.1, -0.05) is 18.5 Å². The van der Waals surface area contributed by atoms with E-state index in [2.05, 4.69) is 17.2 Å². The molecule has 0 aliphatic heterocycles. The molecule has 0 spiro atoms. The average Bonchev–Trinajstić information content (AvgIpc) is 2.75. The molecule has 1 N–H and O–H groups in total. The lowest BCUT2D eigenvalue weighted by Crippen LogP contribution is -2.10. The lowest BCUT2D eigenvalue weighted by atomic mass is 10.2. The van der Waals surface area contributed by atoms with Crippen molar-refractivity contribution < 1.29 is 4.39 Å². The van der Waals surface area contributed by atoms with E-state index in [1.807, 2.05) is 6.20 Å². The van der Waals surface area contributed by atoms with Gasteiger partial charge in [-0.05, 0) is 24.7 Å². The minimum Gasteiger partial charge on any atom is -0.312 e. The van der Waals surface area contributed by atoms with Gasteiger partial charge in [0.05, 0.1) is 5.02 Å². The highest BCUT2D eigenvalue weighted by Gasteiger charge is 2.09. The molecule has 0 fully saturated rings. The van der Waals surface area contributed by atoms with E-state index in [1.54, 1.807) is 17.4 Å². The zero-order valence-electron chi connectivity index (χ0n) is 9.34. The molecular weight excluding hydrogens is 259 g/mol. The van der Waals surface area contributed by atoms with Gasteiger partial charge in [-0.15, -0.1) is 11.3 Å². The van der Waals surface area contributed by atoms with Crippen molar-refractivity contribution in [2.24, 2.45) is 0 Å². The molecular formula is C12H12ClFN2S. The van der Waals surface area contributed by atoms with Crippen LogP contribution < -0.4 is 5.32 Å². The van der Waals surface area contributed by atoms with Crippen LogP contribution >= 0.6 is 22.9 Å². The molecule has 0 saturated carbocycles. The topological polar surface area (TPSA) is 24.9 Å². The summed E-state index contributed by atoms with van der Waals surface area (Å²) in [5.41, 5.74) is 0.779. The largest absolute Gasteiger partial charge is 0.312 e. The summed E-state index contributed by atoms with van der Waals surface area (Å²) >= 11 is 7.55. The van der Waals surface area contributed by atoms with Crippen LogP contribution in [0.3, 0.4) is 0 Å². The summed E-state index contributed by atoms with van der Waals surface area (Å²) in [7, 11) is 0. The first kappa shape index (κ1) is 12.5. The van der Waals surface area contributed by atoms with Crippen LogP contribution in [-0.4, -0.2) is 11.5 Å². The Morgan fingerprint density at radius 1 is 1.47 bits per heavy atom. The molecule has 0 atom stereocenters. The Kier molecular flexibility index (Phi) is 4.10. The van der Waals surface area contributed by atoms with Gasteiger partial charge in [0, 0.05) is 23.2 Å². The lowest BCUT2D eigenvalue weighted by Gasteiger charge is -1.99. The number of rotatable bonds is 4. The normalized spacial score (nSPS) is 10.8. The number of nitrogens with zero attached hydrogens (tertiary/aromatic N) is 1. The Bertz CT molecular complexity index is 513. The summed E-state index contributed by atoms with van der Waals surface area (Å²) in [6.07, 6.45) is 1.82. The van der Waals surface area contributed by atoms with Gasteiger partial charge in [-0.3, -0.25) is 0 Å². The molecule has 17 heavy (non-hydrogen) atoms. The summed E-state index contributed by atoms with van der Waals surface area (Å²) in [4.78, 5) is 5.44. The lowest BCUT2D eigenvalue weighted by molar-refractivity contribution is 0.628. The first-order valence-electron chi connectivity index (χ1n) is 5.31. The van der Waals surface area contributed by atoms with Crippen LogP contribution in [-0.2, 0) is 6.54 Å². The van der Waals surface area contributed by atoms with Crippen LogP contribution in [0.15, 0.2) is 24.4 Å². The molecule has 0 bridgehead atoms. The molecule has 0 unspecified atom stereocenters. The van der Waals surface area contributed by atoms with Gasteiger partial charge < -0.3 is 5.32 Å². The molecule has 0 amide bonds. The predicted octanol–water partition coefficient (Wildman–Crippen LogP) is 3.71. The van der Waals surface area contributed by atoms with Crippen LogP contribution in [0.1, 0.15) is 11.8 Å². The second-order valence-corrected chi connectivity index (χ2v) is 5.06. The van der Waals surface area contributed by atoms with Crippen LogP contribution in [0, 0.1) is 5.82 Å². The summed E-state index contributed by atoms with van der Waals surface area (Å²) < 4.78 is 12.9. The van der Waals surface area contributed by atoms with E-state index in [9.17, 15) is 4.39 Å². The molecule has 90 valence electrons. The molecule has 1 heterocycles. The Hall–Kier alpha value is -0.970. The molecule has 1 aromatic heterocycles. The number of hydrogen-bond donors (Lipinski definition) is 1. The number of halogens is 2. The first-order valence-corrected chi connectivity index (χ1v) is 6.51. The molecule has 2 aromatic rings. The van der Waals surface area contributed by atoms with Gasteiger partial charge in [0.1, 0.15) is 10.8 Å². The second-order valence-electron chi connectivity index (χ2n) is 3.54. The van der Waals surface area contributed by atoms with Gasteiger partial charge in [0.15, 0.2) is 0 Å². The quantitative estimate of drug-likeness (QED) is 0.916. The average molecular weight is 271 g/mol. The summed E-state index contributed by atoms with van der Waals surface area (Å²) in [6, 6.07) is 4.36. The minimum atomic E-state index is -0.330. The van der Waals surface area contributed by atoms with Crippen LogP contribution in [0.25, 0.3) is 10.6 Å². The van der Waals surface area contributed by atoms with E-state index in [0.717, 1.165) is 28.5 Å². The first-order chi connectivity index (χ1) is 8.20. The summed E-state index contributed by atoms with van der Waals surface area (Å²) in [6.45, 7) is 3.77. The van der Waals surface area contributed by atoms with Gasteiger partial charge >= 0.3 is 0 Å². The fraction of sp³-hybridized carbons (Fsp3) is 0.250. The zero-order valence-corrected chi connectivity index (χ0v) is 10.9. The molecule has 0 radical (unpaired) electrons. The standard InChI is InChI=1S/C12H12ClFN2S/c1-2-15-6-9-7-16-12(17-9)10-4-3-8(14)5-11(10)13/h3-5,7,15H,2,6H2,1H3. The van der Waals surface area contributed by atoms with Gasteiger partial charge in [-0.2, -0.15) is 0 Å². The number of nitrogens with one attached hydrogen (secondary N) is 1. The second kappa shape index (κ2) is 5.58. The van der Waals surface area contributed by atoms with Crippen LogP contribution in [0.4, 0.5) is 4.39 Å². The smallest absolute Gasteiger partial charge is 0.125 e. The summed E-state index contributed by atoms with van der Waals surface area (Å²) in [5, 5.41) is 4.45. The van der Waals surface area contributed by atoms with Crippen molar-refractivity contribution in [3.05, 3.63) is 40.1 Å². The Labute approximate surface area is 108 Å². The third-order valence-corrected chi connectivity index (χ3v) is 3.61. The van der Waals surface area contributed by atoms with Crippen molar-refractivity contribution in [3.63, 3.8) is 0 Å². The molecule has 0 saturated heterocycles. The maximum Gasteiger partial charge on any atom is 0.125 e. The Morgan fingerprint density at radius 3 is 3.00 bits per heavy atom. The van der Waals surface area contributed by atoms with E-state index in [-0.39, 0.29) is 5.82 Å². The Morgan fingerprint density at radius 2 is 2.29 bits per heavy atom. The van der Waals surface area contributed by atoms with E-state index in [1.165, 1.54) is 12.1 Å². The third-order valence-electron chi connectivity index (χ3n) is 2.26. The molecule has 5 heteroatoms. The zero-order chi connectivity index (χ0) is 12.3. The van der Waals surface area contributed by atoms with Gasteiger partial charge in [0.25, 0.3) is 0 Å². The van der Waals surface area contributed by atoms with E-state index < -0.39 is 0 Å². The monoisotopic (exact) mass is 270 g/mol. The van der Waals surface area contributed by atoms with E-state index in [4.69, 9.17) is 11.6 Å². The van der Waals surface area contributed by atoms with Crippen molar-refractivity contribution >= 4 is 22.9 Å².